The summed E-state index contributed by atoms with van der Waals surface area (Å²) in [6.45, 7) is -1.69. The van der Waals surface area contributed by atoms with Gasteiger partial charge in [0.25, 0.3) is 0 Å². The molecule has 3 rings (SSSR count). The number of carbonyl (C=O) groups excluding carboxylic acids is 2. The molecule has 1 unspecified atom stereocenters. The van der Waals surface area contributed by atoms with E-state index in [2.05, 4.69) is 31.9 Å². The Morgan fingerprint density at radius 1 is 0.925 bits per heavy atom. The maximum absolute atomic E-state index is 15.0. The summed E-state index contributed by atoms with van der Waals surface area (Å²) in [6, 6.07) is 4.81. The van der Waals surface area contributed by atoms with Crippen LogP contribution in [-0.4, -0.2) is 30.6 Å². The van der Waals surface area contributed by atoms with E-state index in [9.17, 15) is 53.5 Å². The second-order valence-electron chi connectivity index (χ2n) is 9.14. The molecular weight excluding hydrogens is 696 g/mol. The van der Waals surface area contributed by atoms with Gasteiger partial charge in [-0.3, -0.25) is 9.59 Å². The van der Waals surface area contributed by atoms with Crippen molar-refractivity contribution in [2.45, 2.75) is 43.7 Å². The van der Waals surface area contributed by atoms with Crippen molar-refractivity contribution < 1.29 is 53.5 Å². The molecule has 2 aromatic rings. The predicted octanol–water partition coefficient (Wildman–Crippen LogP) is 8.92. The van der Waals surface area contributed by atoms with E-state index in [1.807, 2.05) is 0 Å². The van der Waals surface area contributed by atoms with Crippen LogP contribution >= 0.6 is 31.9 Å². The summed E-state index contributed by atoms with van der Waals surface area (Å²) in [7, 11) is 0. The number of nitrogens with one attached hydrogen (secondary N) is 1. The predicted molar refractivity (Wildman–Crippen MR) is 131 cm³/mol. The van der Waals surface area contributed by atoms with E-state index < -0.39 is 82.6 Å². The summed E-state index contributed by atoms with van der Waals surface area (Å²) in [5.41, 5.74) is -5.57. The van der Waals surface area contributed by atoms with Crippen LogP contribution in [-0.2, 0) is 11.0 Å². The number of benzene rings is 2. The lowest BCUT2D eigenvalue weighted by Crippen LogP contribution is -2.39. The van der Waals surface area contributed by atoms with Crippen LogP contribution in [0.15, 0.2) is 51.4 Å². The highest BCUT2D eigenvalue weighted by atomic mass is 79.9. The van der Waals surface area contributed by atoms with Gasteiger partial charge in [-0.15, -0.1) is 0 Å². The number of ketones is 1. The van der Waals surface area contributed by atoms with E-state index >= 15 is 0 Å². The zero-order chi connectivity index (χ0) is 30.3. The molecule has 0 spiro atoms. The maximum Gasteiger partial charge on any atom is 0.417 e. The third-order valence-corrected chi connectivity index (χ3v) is 8.03. The van der Waals surface area contributed by atoms with Gasteiger partial charge in [0, 0.05) is 26.5 Å². The molecule has 0 saturated heterocycles. The normalized spacial score (nSPS) is 16.4. The van der Waals surface area contributed by atoms with Crippen LogP contribution in [0.25, 0.3) is 5.83 Å². The number of alkyl halides is 9. The van der Waals surface area contributed by atoms with Gasteiger partial charge in [-0.2, -0.15) is 39.5 Å². The fourth-order valence-corrected chi connectivity index (χ4v) is 4.55. The first-order valence-corrected chi connectivity index (χ1v) is 12.8. The lowest BCUT2D eigenvalue weighted by Gasteiger charge is -2.19. The number of carbonyl (C=O) groups is 2. The topological polar surface area (TPSA) is 46.2 Å². The van der Waals surface area contributed by atoms with E-state index in [0.29, 0.717) is 16.6 Å². The third kappa shape index (κ3) is 7.86. The summed E-state index contributed by atoms with van der Waals surface area (Å²) in [4.78, 5) is 24.9. The van der Waals surface area contributed by atoms with Crippen LogP contribution in [0.4, 0.5) is 43.9 Å². The Hall–Kier alpha value is -2.42. The first kappa shape index (κ1) is 32.1. The summed E-state index contributed by atoms with van der Waals surface area (Å²) >= 11 is 6.12. The molecule has 1 amide bonds. The summed E-state index contributed by atoms with van der Waals surface area (Å²) in [5.74, 6) is -6.56. The Labute approximate surface area is 237 Å². The van der Waals surface area contributed by atoms with Gasteiger partial charge in [-0.25, -0.2) is 4.39 Å². The molecule has 15 heteroatoms. The van der Waals surface area contributed by atoms with Crippen molar-refractivity contribution in [1.29, 1.82) is 0 Å². The van der Waals surface area contributed by atoms with Gasteiger partial charge in [0.2, 0.25) is 5.91 Å². The highest BCUT2D eigenvalue weighted by Crippen LogP contribution is 2.50. The molecule has 218 valence electrons. The van der Waals surface area contributed by atoms with E-state index in [4.69, 9.17) is 0 Å². The number of rotatable bonds is 8. The van der Waals surface area contributed by atoms with Gasteiger partial charge >= 0.3 is 18.5 Å². The Kier molecular flexibility index (Phi) is 9.19. The average Bonchev–Trinajstić information content (AvgIpc) is 3.61. The number of halogens is 12. The highest BCUT2D eigenvalue weighted by Gasteiger charge is 2.52. The highest BCUT2D eigenvalue weighted by molar-refractivity contribution is 9.13. The molecule has 0 aliphatic heterocycles. The SMILES string of the molecule is O=C(CC1(C(=O)NCC(F)(F)F)CC1)c1ccc(/C(F)=C/C(c2ccc(Br)c(Br)c2)C(F)(F)F)cc1C(F)(F)F. The average molecular weight is 713 g/mol. The van der Waals surface area contributed by atoms with E-state index in [0.717, 1.165) is 12.1 Å². The third-order valence-electron chi connectivity index (χ3n) is 6.15. The molecule has 1 fully saturated rings. The Bertz CT molecular complexity index is 1330. The molecule has 2 aromatic carbocycles. The molecular formula is C25H17Br2F10NO2. The second-order valence-corrected chi connectivity index (χ2v) is 10.9. The first-order chi connectivity index (χ1) is 18.2. The van der Waals surface area contributed by atoms with E-state index in [-0.39, 0.29) is 29.5 Å². The molecule has 1 saturated carbocycles. The lowest BCUT2D eigenvalue weighted by molar-refractivity contribution is -0.141. The zero-order valence-electron chi connectivity index (χ0n) is 19.8. The van der Waals surface area contributed by atoms with Crippen molar-refractivity contribution in [2.75, 3.05) is 6.54 Å². The summed E-state index contributed by atoms with van der Waals surface area (Å²) < 4.78 is 136. The molecule has 3 nitrogen and oxygen atoms in total. The molecule has 1 aliphatic rings. The van der Waals surface area contributed by atoms with Crippen molar-refractivity contribution in [1.82, 2.24) is 5.32 Å². The smallest absolute Gasteiger partial charge is 0.346 e. The summed E-state index contributed by atoms with van der Waals surface area (Å²) in [5, 5.41) is 1.61. The summed E-state index contributed by atoms with van der Waals surface area (Å²) in [6.07, 6.45) is -15.8. The molecule has 1 aliphatic carbocycles. The van der Waals surface area contributed by atoms with E-state index in [1.165, 1.54) is 6.07 Å². The largest absolute Gasteiger partial charge is 0.417 e. The monoisotopic (exact) mass is 711 g/mol. The molecule has 1 N–H and O–H groups in total. The Morgan fingerprint density at radius 2 is 1.55 bits per heavy atom. The quantitative estimate of drug-likeness (QED) is 0.220. The molecule has 1 atom stereocenters. The van der Waals surface area contributed by atoms with Crippen molar-refractivity contribution in [3.63, 3.8) is 0 Å². The zero-order valence-corrected chi connectivity index (χ0v) is 23.0. The number of hydrogen-bond donors (Lipinski definition) is 1. The van der Waals surface area contributed by atoms with Gasteiger partial charge in [0.05, 0.1) is 11.0 Å². The number of Topliss-reactive ketones (excluding diaryl/α,β-unsaturated/α-hetero) is 1. The van der Waals surface area contributed by atoms with Crippen LogP contribution in [0.3, 0.4) is 0 Å². The van der Waals surface area contributed by atoms with Crippen molar-refractivity contribution in [3.8, 4) is 0 Å². The van der Waals surface area contributed by atoms with Crippen molar-refractivity contribution >= 4 is 49.4 Å². The number of amides is 1. The molecule has 0 aromatic heterocycles. The van der Waals surface area contributed by atoms with Crippen LogP contribution < -0.4 is 5.32 Å². The minimum atomic E-state index is -5.25. The minimum Gasteiger partial charge on any atom is -0.346 e. The molecule has 0 radical (unpaired) electrons. The van der Waals surface area contributed by atoms with Crippen LogP contribution in [0, 0.1) is 5.41 Å². The number of allylic oxidation sites excluding steroid dienone is 1. The minimum absolute atomic E-state index is 0.0375. The Balaban J connectivity index is 1.94. The molecule has 0 bridgehead atoms. The van der Waals surface area contributed by atoms with Crippen LogP contribution in [0.2, 0.25) is 0 Å². The lowest BCUT2D eigenvalue weighted by atomic mass is 9.90. The molecule has 40 heavy (non-hydrogen) atoms. The van der Waals surface area contributed by atoms with Crippen molar-refractivity contribution in [2.24, 2.45) is 5.41 Å². The van der Waals surface area contributed by atoms with Crippen molar-refractivity contribution in [3.05, 3.63) is 73.7 Å². The standard InChI is InChI=1S/C25H17Br2F10NO2/c26-17-4-2-12(8-18(17)27)15(24(32,33)34)9-19(28)13-1-3-14(16(7-13)25(35,36)37)20(39)10-22(5-6-22)21(40)38-11-23(29,30)31/h1-4,7-9,15H,5-6,10-11H2,(H,38,40)/b19-9-. The second kappa shape index (κ2) is 11.5. The fourth-order valence-electron chi connectivity index (χ4n) is 3.90. The maximum atomic E-state index is 15.0. The van der Waals surface area contributed by atoms with Crippen LogP contribution in [0.1, 0.15) is 52.2 Å². The van der Waals surface area contributed by atoms with Gasteiger partial charge < -0.3 is 5.32 Å². The van der Waals surface area contributed by atoms with Gasteiger partial charge in [0.1, 0.15) is 18.3 Å². The first-order valence-electron chi connectivity index (χ1n) is 11.2. The Morgan fingerprint density at radius 3 is 2.05 bits per heavy atom. The number of hydrogen-bond acceptors (Lipinski definition) is 2. The molecule has 0 heterocycles. The fraction of sp³-hybridized carbons (Fsp3) is 0.360. The van der Waals surface area contributed by atoms with Gasteiger partial charge in [0.15, 0.2) is 5.78 Å². The van der Waals surface area contributed by atoms with Gasteiger partial charge in [-0.05, 0) is 74.5 Å². The van der Waals surface area contributed by atoms with E-state index in [1.54, 1.807) is 5.32 Å². The van der Waals surface area contributed by atoms with Crippen LogP contribution in [0.5, 0.6) is 0 Å². The van der Waals surface area contributed by atoms with Gasteiger partial charge in [-0.1, -0.05) is 18.2 Å².